The smallest absolute Gasteiger partial charge is 0.234 e. The van der Waals surface area contributed by atoms with Gasteiger partial charge in [-0.05, 0) is 35.4 Å². The highest BCUT2D eigenvalue weighted by molar-refractivity contribution is 5.97. The predicted molar refractivity (Wildman–Crippen MR) is 110 cm³/mol. The van der Waals surface area contributed by atoms with Crippen molar-refractivity contribution in [2.75, 3.05) is 0 Å². The van der Waals surface area contributed by atoms with Crippen LogP contribution in [0.5, 0.6) is 0 Å². The molecule has 0 atom stereocenters. The lowest BCUT2D eigenvalue weighted by atomic mass is 10.1. The molecule has 0 fully saturated rings. The van der Waals surface area contributed by atoms with Gasteiger partial charge >= 0.3 is 0 Å². The standard InChI is InChI=1S/C24H23FN2O2/c25-22-13-11-21(12-14-22)23(28)15-16-24(29)26-27(17-19-7-3-1-4-8-19)18-20-9-5-2-6-10-20/h1-14H,15-18H2,(H,26,29). The van der Waals surface area contributed by atoms with Crippen LogP contribution in [0.3, 0.4) is 0 Å². The molecule has 0 aliphatic carbocycles. The van der Waals surface area contributed by atoms with Crippen LogP contribution < -0.4 is 5.43 Å². The van der Waals surface area contributed by atoms with Crippen molar-refractivity contribution in [3.05, 3.63) is 107 Å². The Kier molecular flexibility index (Phi) is 7.25. The molecular weight excluding hydrogens is 367 g/mol. The van der Waals surface area contributed by atoms with Crippen molar-refractivity contribution >= 4 is 11.7 Å². The van der Waals surface area contributed by atoms with Gasteiger partial charge < -0.3 is 0 Å². The number of carbonyl (C=O) groups is 2. The molecule has 5 heteroatoms. The Morgan fingerprint density at radius 3 is 1.76 bits per heavy atom. The molecule has 0 unspecified atom stereocenters. The number of hydrazine groups is 1. The number of benzene rings is 3. The maximum atomic E-state index is 13.0. The van der Waals surface area contributed by atoms with Gasteiger partial charge in [-0.15, -0.1) is 0 Å². The van der Waals surface area contributed by atoms with Crippen LogP contribution in [0.4, 0.5) is 4.39 Å². The molecule has 0 radical (unpaired) electrons. The summed E-state index contributed by atoms with van der Waals surface area (Å²) in [6.07, 6.45) is 0.137. The quantitative estimate of drug-likeness (QED) is 0.432. The zero-order valence-electron chi connectivity index (χ0n) is 16.1. The monoisotopic (exact) mass is 390 g/mol. The van der Waals surface area contributed by atoms with Gasteiger partial charge in [-0.2, -0.15) is 0 Å². The number of ketones is 1. The average Bonchev–Trinajstić information content (AvgIpc) is 2.74. The van der Waals surface area contributed by atoms with E-state index in [4.69, 9.17) is 0 Å². The van der Waals surface area contributed by atoms with Crippen molar-refractivity contribution in [1.29, 1.82) is 0 Å². The normalized spacial score (nSPS) is 10.7. The maximum absolute atomic E-state index is 13.0. The van der Waals surface area contributed by atoms with E-state index in [-0.39, 0.29) is 24.5 Å². The zero-order valence-corrected chi connectivity index (χ0v) is 16.1. The van der Waals surface area contributed by atoms with E-state index in [0.717, 1.165) is 11.1 Å². The van der Waals surface area contributed by atoms with Gasteiger partial charge in [0, 0.05) is 31.5 Å². The Morgan fingerprint density at radius 2 is 1.24 bits per heavy atom. The van der Waals surface area contributed by atoms with E-state index >= 15 is 0 Å². The van der Waals surface area contributed by atoms with Gasteiger partial charge in [0.1, 0.15) is 5.82 Å². The minimum atomic E-state index is -0.392. The molecule has 0 bridgehead atoms. The van der Waals surface area contributed by atoms with Crippen molar-refractivity contribution in [1.82, 2.24) is 10.4 Å². The van der Waals surface area contributed by atoms with E-state index in [9.17, 15) is 14.0 Å². The molecule has 0 spiro atoms. The van der Waals surface area contributed by atoms with Crippen LogP contribution in [0.2, 0.25) is 0 Å². The van der Waals surface area contributed by atoms with Gasteiger partial charge in [0.15, 0.2) is 5.78 Å². The molecule has 0 aromatic heterocycles. The summed E-state index contributed by atoms with van der Waals surface area (Å²) in [6, 6.07) is 25.1. The van der Waals surface area contributed by atoms with Gasteiger partial charge in [-0.1, -0.05) is 60.7 Å². The molecule has 148 valence electrons. The van der Waals surface area contributed by atoms with Crippen LogP contribution >= 0.6 is 0 Å². The summed E-state index contributed by atoms with van der Waals surface area (Å²) in [4.78, 5) is 24.7. The van der Waals surface area contributed by atoms with E-state index in [1.165, 1.54) is 24.3 Å². The number of nitrogens with one attached hydrogen (secondary N) is 1. The number of nitrogens with zero attached hydrogens (tertiary/aromatic N) is 1. The number of rotatable bonds is 9. The number of hydrogen-bond acceptors (Lipinski definition) is 3. The molecule has 1 amide bonds. The fourth-order valence-corrected chi connectivity index (χ4v) is 2.98. The Bertz CT molecular complexity index is 887. The highest BCUT2D eigenvalue weighted by Crippen LogP contribution is 2.10. The van der Waals surface area contributed by atoms with Crippen LogP contribution in [-0.2, 0) is 17.9 Å². The van der Waals surface area contributed by atoms with Crippen molar-refractivity contribution in [3.8, 4) is 0 Å². The van der Waals surface area contributed by atoms with Crippen LogP contribution in [0.15, 0.2) is 84.9 Å². The van der Waals surface area contributed by atoms with Crippen LogP contribution in [0.25, 0.3) is 0 Å². The fraction of sp³-hybridized carbons (Fsp3) is 0.167. The summed E-state index contributed by atoms with van der Waals surface area (Å²) in [5, 5.41) is 1.84. The SMILES string of the molecule is O=C(CCC(=O)c1ccc(F)cc1)NN(Cc1ccccc1)Cc1ccccc1. The molecule has 0 aliphatic heterocycles. The molecular formula is C24H23FN2O2. The molecule has 3 aromatic carbocycles. The third kappa shape index (κ3) is 6.66. The molecule has 0 saturated carbocycles. The third-order valence-electron chi connectivity index (χ3n) is 4.46. The number of amides is 1. The lowest BCUT2D eigenvalue weighted by Crippen LogP contribution is -2.41. The van der Waals surface area contributed by atoms with E-state index in [1.54, 1.807) is 0 Å². The molecule has 0 heterocycles. The zero-order chi connectivity index (χ0) is 20.5. The number of carbonyl (C=O) groups excluding carboxylic acids is 2. The van der Waals surface area contributed by atoms with E-state index in [1.807, 2.05) is 65.7 Å². The average molecular weight is 390 g/mol. The first-order valence-corrected chi connectivity index (χ1v) is 9.51. The van der Waals surface area contributed by atoms with Crippen molar-refractivity contribution < 1.29 is 14.0 Å². The van der Waals surface area contributed by atoms with Crippen molar-refractivity contribution in [2.45, 2.75) is 25.9 Å². The molecule has 3 aromatic rings. The summed E-state index contributed by atoms with van der Waals surface area (Å²) in [7, 11) is 0. The van der Waals surface area contributed by atoms with Crippen LogP contribution in [-0.4, -0.2) is 16.7 Å². The second kappa shape index (κ2) is 10.3. The highest BCUT2D eigenvalue weighted by atomic mass is 19.1. The Labute approximate surface area is 170 Å². The van der Waals surface area contributed by atoms with Crippen LogP contribution in [0, 0.1) is 5.82 Å². The molecule has 29 heavy (non-hydrogen) atoms. The Hall–Kier alpha value is -3.31. The van der Waals surface area contributed by atoms with E-state index in [2.05, 4.69) is 5.43 Å². The fourth-order valence-electron chi connectivity index (χ4n) is 2.98. The van der Waals surface area contributed by atoms with E-state index in [0.29, 0.717) is 18.7 Å². The number of halogens is 1. The first kappa shape index (κ1) is 20.4. The predicted octanol–water partition coefficient (Wildman–Crippen LogP) is 4.52. The number of hydrogen-bond donors (Lipinski definition) is 1. The summed E-state index contributed by atoms with van der Waals surface area (Å²) in [5.74, 6) is -0.804. The summed E-state index contributed by atoms with van der Waals surface area (Å²) < 4.78 is 13.0. The van der Waals surface area contributed by atoms with Crippen molar-refractivity contribution in [3.63, 3.8) is 0 Å². The topological polar surface area (TPSA) is 49.4 Å². The van der Waals surface area contributed by atoms with E-state index < -0.39 is 5.82 Å². The maximum Gasteiger partial charge on any atom is 0.234 e. The van der Waals surface area contributed by atoms with Crippen LogP contribution in [0.1, 0.15) is 34.3 Å². The highest BCUT2D eigenvalue weighted by Gasteiger charge is 2.13. The number of Topliss-reactive ketones (excluding diaryl/α,β-unsaturated/α-hetero) is 1. The van der Waals surface area contributed by atoms with Gasteiger partial charge in [0.25, 0.3) is 0 Å². The van der Waals surface area contributed by atoms with Gasteiger partial charge in [-0.25, -0.2) is 9.40 Å². The summed E-state index contributed by atoms with van der Waals surface area (Å²) >= 11 is 0. The van der Waals surface area contributed by atoms with Gasteiger partial charge in [0.2, 0.25) is 5.91 Å². The minimum absolute atomic E-state index is 0.0658. The molecule has 3 rings (SSSR count). The first-order chi connectivity index (χ1) is 14.1. The lowest BCUT2D eigenvalue weighted by Gasteiger charge is -2.23. The van der Waals surface area contributed by atoms with Gasteiger partial charge in [-0.3, -0.25) is 15.0 Å². The third-order valence-corrected chi connectivity index (χ3v) is 4.46. The Balaban J connectivity index is 1.59. The largest absolute Gasteiger partial charge is 0.294 e. The minimum Gasteiger partial charge on any atom is -0.294 e. The Morgan fingerprint density at radius 1 is 0.724 bits per heavy atom. The first-order valence-electron chi connectivity index (χ1n) is 9.51. The second-order valence-corrected chi connectivity index (χ2v) is 6.79. The molecule has 1 N–H and O–H groups in total. The van der Waals surface area contributed by atoms with Crippen molar-refractivity contribution in [2.24, 2.45) is 0 Å². The lowest BCUT2D eigenvalue weighted by molar-refractivity contribution is -0.126. The molecule has 0 saturated heterocycles. The second-order valence-electron chi connectivity index (χ2n) is 6.79. The molecule has 0 aliphatic rings. The summed E-state index contributed by atoms with van der Waals surface area (Å²) in [5.41, 5.74) is 5.47. The summed E-state index contributed by atoms with van der Waals surface area (Å²) in [6.45, 7) is 1.10. The molecule has 4 nitrogen and oxygen atoms in total. The van der Waals surface area contributed by atoms with Gasteiger partial charge in [0.05, 0.1) is 0 Å².